The molecule has 0 radical (unpaired) electrons. The first-order chi connectivity index (χ1) is 7.72. The summed E-state index contributed by atoms with van der Waals surface area (Å²) in [7, 11) is 0. The first-order valence-electron chi connectivity index (χ1n) is 7.72. The molecule has 104 valence electrons. The number of rotatable bonds is 8. The van der Waals surface area contributed by atoms with Crippen LogP contribution in [-0.4, -0.2) is 0 Å². The van der Waals surface area contributed by atoms with Crippen molar-refractivity contribution in [3.8, 4) is 0 Å². The molecule has 0 heterocycles. The molecule has 2 unspecified atom stereocenters. The van der Waals surface area contributed by atoms with E-state index in [0.717, 1.165) is 11.8 Å². The van der Waals surface area contributed by atoms with Gasteiger partial charge in [0, 0.05) is 0 Å². The molecule has 0 aromatic rings. The van der Waals surface area contributed by atoms with Crippen LogP contribution < -0.4 is 0 Å². The minimum absolute atomic E-state index is 0.532. The van der Waals surface area contributed by atoms with Gasteiger partial charge in [-0.05, 0) is 41.9 Å². The maximum Gasteiger partial charge on any atom is -0.0303 e. The summed E-state index contributed by atoms with van der Waals surface area (Å²) in [6.07, 6.45) is 6.78. The van der Waals surface area contributed by atoms with Gasteiger partial charge in [-0.25, -0.2) is 0 Å². The van der Waals surface area contributed by atoms with Gasteiger partial charge in [-0.15, -0.1) is 0 Å². The normalized spacial score (nSPS) is 19.4. The van der Waals surface area contributed by atoms with Crippen LogP contribution >= 0.6 is 0 Å². The van der Waals surface area contributed by atoms with Gasteiger partial charge < -0.3 is 0 Å². The summed E-state index contributed by atoms with van der Waals surface area (Å²) >= 11 is 0. The molecule has 0 aromatic heterocycles. The average Bonchev–Trinajstić information content (AvgIpc) is 2.25. The van der Waals surface area contributed by atoms with E-state index in [1.165, 1.54) is 32.1 Å². The highest BCUT2D eigenvalue weighted by atomic mass is 14.4. The molecule has 0 heteroatoms. The maximum absolute atomic E-state index is 2.50. The van der Waals surface area contributed by atoms with Crippen LogP contribution in [-0.2, 0) is 0 Å². The second kappa shape index (κ2) is 6.81. The second-order valence-corrected chi connectivity index (χ2v) is 7.22. The van der Waals surface area contributed by atoms with Crippen LogP contribution in [0.3, 0.4) is 0 Å². The molecule has 17 heavy (non-hydrogen) atoms. The Kier molecular flexibility index (Phi) is 6.81. The lowest BCUT2D eigenvalue weighted by Gasteiger charge is -2.40. The van der Waals surface area contributed by atoms with Crippen LogP contribution in [0.4, 0.5) is 0 Å². The predicted octanol–water partition coefficient (Wildman–Crippen LogP) is 6.30. The Bertz CT molecular complexity index is 204. The van der Waals surface area contributed by atoms with Crippen LogP contribution in [0.25, 0.3) is 0 Å². The minimum atomic E-state index is 0.532. The number of hydrogen-bond donors (Lipinski definition) is 0. The molecule has 0 aromatic carbocycles. The topological polar surface area (TPSA) is 0 Å². The van der Waals surface area contributed by atoms with Gasteiger partial charge in [0.15, 0.2) is 0 Å². The Balaban J connectivity index is 4.59. The summed E-state index contributed by atoms with van der Waals surface area (Å²) in [4.78, 5) is 0. The highest BCUT2D eigenvalue weighted by Gasteiger charge is 2.32. The highest BCUT2D eigenvalue weighted by Crippen LogP contribution is 2.44. The predicted molar refractivity (Wildman–Crippen MR) is 80.3 cm³/mol. The van der Waals surface area contributed by atoms with Crippen molar-refractivity contribution in [1.29, 1.82) is 0 Å². The van der Waals surface area contributed by atoms with E-state index in [4.69, 9.17) is 0 Å². The summed E-state index contributed by atoms with van der Waals surface area (Å²) < 4.78 is 0. The van der Waals surface area contributed by atoms with Gasteiger partial charge in [-0.1, -0.05) is 68.2 Å². The number of hydrogen-bond acceptors (Lipinski definition) is 0. The maximum atomic E-state index is 2.50. The standard InChI is InChI=1S/C17H36/c1-9-11-17(8,15(5)6)13-12-16(7,10-2)14(3)4/h14-15H,9-13H2,1-8H3. The van der Waals surface area contributed by atoms with E-state index in [2.05, 4.69) is 55.4 Å². The lowest BCUT2D eigenvalue weighted by atomic mass is 9.66. The minimum Gasteiger partial charge on any atom is -0.0654 e. The van der Waals surface area contributed by atoms with Crippen LogP contribution in [0.1, 0.15) is 87.5 Å². The first-order valence-corrected chi connectivity index (χ1v) is 7.72. The van der Waals surface area contributed by atoms with E-state index in [9.17, 15) is 0 Å². The van der Waals surface area contributed by atoms with Gasteiger partial charge in [0.05, 0.1) is 0 Å². The average molecular weight is 240 g/mol. The molecule has 0 bridgehead atoms. The van der Waals surface area contributed by atoms with E-state index in [1.54, 1.807) is 0 Å². The Morgan fingerprint density at radius 1 is 0.706 bits per heavy atom. The van der Waals surface area contributed by atoms with Crippen molar-refractivity contribution >= 4 is 0 Å². The second-order valence-electron chi connectivity index (χ2n) is 7.22. The monoisotopic (exact) mass is 240 g/mol. The molecule has 0 saturated heterocycles. The SMILES string of the molecule is CCCC(C)(CCC(C)(CC)C(C)C)C(C)C. The fourth-order valence-electron chi connectivity index (χ4n) is 2.72. The zero-order valence-electron chi connectivity index (χ0n) is 13.7. The summed E-state index contributed by atoms with van der Waals surface area (Å²) in [5.74, 6) is 1.60. The molecule has 0 aliphatic heterocycles. The molecule has 0 N–H and O–H groups in total. The van der Waals surface area contributed by atoms with Crippen LogP contribution in [0, 0.1) is 22.7 Å². The molecule has 0 aliphatic carbocycles. The van der Waals surface area contributed by atoms with E-state index in [0.29, 0.717) is 10.8 Å². The van der Waals surface area contributed by atoms with Crippen LogP contribution in [0.5, 0.6) is 0 Å². The molecule has 0 amide bonds. The summed E-state index contributed by atoms with van der Waals surface area (Å²) in [5, 5.41) is 0. The van der Waals surface area contributed by atoms with Gasteiger partial charge >= 0.3 is 0 Å². The molecular formula is C17H36. The molecule has 0 spiro atoms. The Labute approximate surface area is 111 Å². The summed E-state index contributed by atoms with van der Waals surface area (Å²) in [6.45, 7) is 19.2. The Morgan fingerprint density at radius 2 is 1.12 bits per heavy atom. The summed E-state index contributed by atoms with van der Waals surface area (Å²) in [5.41, 5.74) is 1.07. The van der Waals surface area contributed by atoms with Gasteiger partial charge in [0.2, 0.25) is 0 Å². The van der Waals surface area contributed by atoms with Crippen molar-refractivity contribution in [1.82, 2.24) is 0 Å². The van der Waals surface area contributed by atoms with Crippen molar-refractivity contribution in [3.63, 3.8) is 0 Å². The van der Waals surface area contributed by atoms with Gasteiger partial charge in [-0.3, -0.25) is 0 Å². The largest absolute Gasteiger partial charge is 0.0654 e. The van der Waals surface area contributed by atoms with Gasteiger partial charge in [0.1, 0.15) is 0 Å². The third kappa shape index (κ3) is 4.64. The molecule has 2 atom stereocenters. The molecule has 0 rings (SSSR count). The van der Waals surface area contributed by atoms with E-state index in [-0.39, 0.29) is 0 Å². The fourth-order valence-corrected chi connectivity index (χ4v) is 2.72. The molecule has 0 fully saturated rings. The van der Waals surface area contributed by atoms with E-state index < -0.39 is 0 Å². The van der Waals surface area contributed by atoms with Crippen molar-refractivity contribution in [2.75, 3.05) is 0 Å². The molecule has 0 nitrogen and oxygen atoms in total. The molecular weight excluding hydrogens is 204 g/mol. The van der Waals surface area contributed by atoms with Crippen molar-refractivity contribution in [3.05, 3.63) is 0 Å². The third-order valence-electron chi connectivity index (χ3n) is 5.68. The lowest BCUT2D eigenvalue weighted by molar-refractivity contribution is 0.110. The molecule has 0 aliphatic rings. The lowest BCUT2D eigenvalue weighted by Crippen LogP contribution is -2.29. The van der Waals surface area contributed by atoms with E-state index >= 15 is 0 Å². The zero-order chi connectivity index (χ0) is 13.7. The van der Waals surface area contributed by atoms with Crippen LogP contribution in [0.2, 0.25) is 0 Å². The summed E-state index contributed by atoms with van der Waals surface area (Å²) in [6, 6.07) is 0. The smallest absolute Gasteiger partial charge is 0.0303 e. The molecule has 0 saturated carbocycles. The quantitative estimate of drug-likeness (QED) is 0.467. The van der Waals surface area contributed by atoms with Gasteiger partial charge in [0.25, 0.3) is 0 Å². The fraction of sp³-hybridized carbons (Fsp3) is 1.00. The Morgan fingerprint density at radius 3 is 1.41 bits per heavy atom. The van der Waals surface area contributed by atoms with Crippen molar-refractivity contribution < 1.29 is 0 Å². The van der Waals surface area contributed by atoms with Gasteiger partial charge in [-0.2, -0.15) is 0 Å². The van der Waals surface area contributed by atoms with E-state index in [1.807, 2.05) is 0 Å². The zero-order valence-corrected chi connectivity index (χ0v) is 13.7. The third-order valence-corrected chi connectivity index (χ3v) is 5.68. The van der Waals surface area contributed by atoms with Crippen LogP contribution in [0.15, 0.2) is 0 Å². The van der Waals surface area contributed by atoms with Crippen molar-refractivity contribution in [2.45, 2.75) is 87.5 Å². The van der Waals surface area contributed by atoms with Crippen molar-refractivity contribution in [2.24, 2.45) is 22.7 Å². The Hall–Kier alpha value is 0. The first kappa shape index (κ1) is 17.0. The highest BCUT2D eigenvalue weighted by molar-refractivity contribution is 4.83.